The first-order valence-electron chi connectivity index (χ1n) is 10.0. The number of amides is 1. The van der Waals surface area contributed by atoms with Crippen LogP contribution in [0.4, 0.5) is 4.39 Å². The largest absolute Gasteiger partial charge is 0.496 e. The van der Waals surface area contributed by atoms with E-state index in [-0.39, 0.29) is 24.1 Å². The van der Waals surface area contributed by atoms with Crippen molar-refractivity contribution in [1.82, 2.24) is 9.88 Å². The monoisotopic (exact) mass is 392 g/mol. The highest BCUT2D eigenvalue weighted by molar-refractivity contribution is 5.87. The first kappa shape index (κ1) is 19.4. The van der Waals surface area contributed by atoms with Gasteiger partial charge in [-0.15, -0.1) is 0 Å². The number of nitrogens with zero attached hydrogens (tertiary/aromatic N) is 2. The minimum absolute atomic E-state index is 0.0407. The molecule has 0 N–H and O–H groups in total. The van der Waals surface area contributed by atoms with Crippen molar-refractivity contribution in [1.29, 1.82) is 0 Å². The summed E-state index contributed by atoms with van der Waals surface area (Å²) in [5.74, 6) is 0.803. The van der Waals surface area contributed by atoms with E-state index < -0.39 is 0 Å². The number of hydrogen-bond acceptors (Lipinski definition) is 3. The number of aromatic nitrogens is 1. The van der Waals surface area contributed by atoms with Gasteiger partial charge < -0.3 is 9.64 Å². The fraction of sp³-hybridized carbons (Fsp3) is 0.333. The molecule has 0 radical (unpaired) electrons. The fourth-order valence-corrected chi connectivity index (χ4v) is 4.19. The van der Waals surface area contributed by atoms with Gasteiger partial charge >= 0.3 is 0 Å². The summed E-state index contributed by atoms with van der Waals surface area (Å²) in [6, 6.07) is 12.4. The quantitative estimate of drug-likeness (QED) is 0.650. The maximum absolute atomic E-state index is 13.4. The number of aryl methyl sites for hydroxylation is 1. The van der Waals surface area contributed by atoms with Crippen LogP contribution < -0.4 is 4.74 Å². The lowest BCUT2D eigenvalue weighted by molar-refractivity contribution is -0.131. The highest BCUT2D eigenvalue weighted by Gasteiger charge is 2.26. The number of piperidine rings is 1. The molecule has 1 atom stereocenters. The Kier molecular flexibility index (Phi) is 5.47. The van der Waals surface area contributed by atoms with E-state index in [9.17, 15) is 9.18 Å². The van der Waals surface area contributed by atoms with Crippen LogP contribution in [0.5, 0.6) is 5.75 Å². The number of ether oxygens (including phenoxy) is 1. The minimum atomic E-state index is -0.307. The van der Waals surface area contributed by atoms with Crippen molar-refractivity contribution in [3.05, 3.63) is 71.3 Å². The molecule has 5 heteroatoms. The molecule has 1 aromatic heterocycles. The number of hydrogen-bond donors (Lipinski definition) is 0. The third kappa shape index (κ3) is 4.09. The molecule has 0 spiro atoms. The summed E-state index contributed by atoms with van der Waals surface area (Å²) >= 11 is 0. The molecular weight excluding hydrogens is 367 g/mol. The van der Waals surface area contributed by atoms with Crippen molar-refractivity contribution in [3.63, 3.8) is 0 Å². The summed E-state index contributed by atoms with van der Waals surface area (Å²) in [7, 11) is 1.68. The number of carbonyl (C=O) groups is 1. The van der Waals surface area contributed by atoms with Crippen LogP contribution in [-0.4, -0.2) is 36.0 Å². The average molecular weight is 392 g/mol. The molecule has 1 fully saturated rings. The van der Waals surface area contributed by atoms with Gasteiger partial charge in [-0.2, -0.15) is 0 Å². The minimum Gasteiger partial charge on any atom is -0.496 e. The Balaban J connectivity index is 1.53. The van der Waals surface area contributed by atoms with Gasteiger partial charge in [0.25, 0.3) is 0 Å². The zero-order chi connectivity index (χ0) is 20.4. The summed E-state index contributed by atoms with van der Waals surface area (Å²) < 4.78 is 18.9. The van der Waals surface area contributed by atoms with Crippen LogP contribution in [0.15, 0.2) is 48.7 Å². The normalized spacial score (nSPS) is 16.8. The second-order valence-electron chi connectivity index (χ2n) is 7.71. The number of benzene rings is 2. The Labute approximate surface area is 170 Å². The molecule has 0 aliphatic carbocycles. The summed E-state index contributed by atoms with van der Waals surface area (Å²) in [5, 5.41) is 2.22. The van der Waals surface area contributed by atoms with Gasteiger partial charge in [0.15, 0.2) is 0 Å². The topological polar surface area (TPSA) is 42.4 Å². The SMILES string of the molecule is COc1ccc2cnc([C@@H]3CCCN(C(=O)Cc4cccc(F)c4)C3)cc2c1C. The zero-order valence-corrected chi connectivity index (χ0v) is 16.8. The van der Waals surface area contributed by atoms with Crippen molar-refractivity contribution < 1.29 is 13.9 Å². The molecule has 0 unspecified atom stereocenters. The summed E-state index contributed by atoms with van der Waals surface area (Å²) in [5.41, 5.74) is 2.82. The van der Waals surface area contributed by atoms with Crippen LogP contribution in [0, 0.1) is 12.7 Å². The Bertz CT molecular complexity index is 1050. The molecule has 150 valence electrons. The molecule has 4 rings (SSSR count). The number of methoxy groups -OCH3 is 1. The molecule has 1 aliphatic rings. The lowest BCUT2D eigenvalue weighted by Crippen LogP contribution is -2.40. The van der Waals surface area contributed by atoms with Crippen molar-refractivity contribution in [2.24, 2.45) is 0 Å². The standard InChI is InChI=1S/C24H25FN2O2/c1-16-21-13-22(26-14-18(21)8-9-23(16)29-2)19-6-4-10-27(15-19)24(28)12-17-5-3-7-20(25)11-17/h3,5,7-9,11,13-14,19H,4,6,10,12,15H2,1-2H3/t19-/m1/s1. The van der Waals surface area contributed by atoms with Crippen molar-refractivity contribution in [2.75, 3.05) is 20.2 Å². The van der Waals surface area contributed by atoms with E-state index in [2.05, 4.69) is 18.0 Å². The van der Waals surface area contributed by atoms with Gasteiger partial charge in [-0.25, -0.2) is 4.39 Å². The van der Waals surface area contributed by atoms with E-state index in [1.54, 1.807) is 19.2 Å². The first-order chi connectivity index (χ1) is 14.0. The van der Waals surface area contributed by atoms with Crippen LogP contribution >= 0.6 is 0 Å². The number of pyridine rings is 1. The van der Waals surface area contributed by atoms with Crippen LogP contribution in [0.3, 0.4) is 0 Å². The molecule has 2 aromatic carbocycles. The highest BCUT2D eigenvalue weighted by atomic mass is 19.1. The maximum atomic E-state index is 13.4. The van der Waals surface area contributed by atoms with Gasteiger partial charge in [-0.3, -0.25) is 9.78 Å². The lowest BCUT2D eigenvalue weighted by Gasteiger charge is -2.32. The molecule has 29 heavy (non-hydrogen) atoms. The Morgan fingerprint density at radius 1 is 1.28 bits per heavy atom. The molecular formula is C24H25FN2O2. The molecule has 2 heterocycles. The highest BCUT2D eigenvalue weighted by Crippen LogP contribution is 2.31. The summed E-state index contributed by atoms with van der Waals surface area (Å²) in [4.78, 5) is 19.4. The Morgan fingerprint density at radius 3 is 2.93 bits per heavy atom. The van der Waals surface area contributed by atoms with E-state index in [1.807, 2.05) is 23.2 Å². The smallest absolute Gasteiger partial charge is 0.227 e. The van der Waals surface area contributed by atoms with E-state index in [1.165, 1.54) is 12.1 Å². The molecule has 1 saturated heterocycles. The second-order valence-corrected chi connectivity index (χ2v) is 7.71. The third-order valence-corrected chi connectivity index (χ3v) is 5.80. The number of likely N-dealkylation sites (tertiary alicyclic amines) is 1. The van der Waals surface area contributed by atoms with Crippen LogP contribution in [0.1, 0.15) is 35.6 Å². The van der Waals surface area contributed by atoms with Crippen LogP contribution in [0.2, 0.25) is 0 Å². The number of carbonyl (C=O) groups excluding carboxylic acids is 1. The van der Waals surface area contributed by atoms with Crippen molar-refractivity contribution in [2.45, 2.75) is 32.1 Å². The summed E-state index contributed by atoms with van der Waals surface area (Å²) in [6.45, 7) is 3.45. The van der Waals surface area contributed by atoms with Gasteiger partial charge in [0.2, 0.25) is 5.91 Å². The van der Waals surface area contributed by atoms with Gasteiger partial charge in [-0.05, 0) is 66.6 Å². The molecule has 3 aromatic rings. The predicted octanol–water partition coefficient (Wildman–Crippen LogP) is 4.64. The molecule has 1 amide bonds. The predicted molar refractivity (Wildman–Crippen MR) is 112 cm³/mol. The van der Waals surface area contributed by atoms with Crippen molar-refractivity contribution >= 4 is 16.7 Å². The van der Waals surface area contributed by atoms with Gasteiger partial charge in [0.05, 0.1) is 13.5 Å². The van der Waals surface area contributed by atoms with E-state index in [4.69, 9.17) is 4.74 Å². The van der Waals surface area contributed by atoms with E-state index in [0.717, 1.165) is 47.2 Å². The zero-order valence-electron chi connectivity index (χ0n) is 16.8. The number of fused-ring (bicyclic) bond motifs is 1. The van der Waals surface area contributed by atoms with Crippen molar-refractivity contribution in [3.8, 4) is 5.75 Å². The first-order valence-corrected chi connectivity index (χ1v) is 10.0. The molecule has 0 bridgehead atoms. The number of halogens is 1. The van der Waals surface area contributed by atoms with Gasteiger partial charge in [0, 0.05) is 36.3 Å². The van der Waals surface area contributed by atoms with Crippen LogP contribution in [-0.2, 0) is 11.2 Å². The van der Waals surface area contributed by atoms with Gasteiger partial charge in [0.1, 0.15) is 11.6 Å². The van der Waals surface area contributed by atoms with E-state index >= 15 is 0 Å². The summed E-state index contributed by atoms with van der Waals surface area (Å²) in [6.07, 6.45) is 4.08. The molecule has 4 nitrogen and oxygen atoms in total. The molecule has 0 saturated carbocycles. The average Bonchev–Trinajstić information content (AvgIpc) is 2.74. The van der Waals surface area contributed by atoms with Gasteiger partial charge in [-0.1, -0.05) is 12.1 Å². The maximum Gasteiger partial charge on any atom is 0.227 e. The van der Waals surface area contributed by atoms with Crippen LogP contribution in [0.25, 0.3) is 10.8 Å². The fourth-order valence-electron chi connectivity index (χ4n) is 4.19. The Hall–Kier alpha value is -2.95. The van der Waals surface area contributed by atoms with E-state index in [0.29, 0.717) is 12.1 Å². The Morgan fingerprint density at radius 2 is 2.14 bits per heavy atom. The molecule has 1 aliphatic heterocycles. The third-order valence-electron chi connectivity index (χ3n) is 5.80. The lowest BCUT2D eigenvalue weighted by atomic mass is 9.92. The number of rotatable bonds is 4. The second kappa shape index (κ2) is 8.19.